The summed E-state index contributed by atoms with van der Waals surface area (Å²) < 4.78 is 1.90. The summed E-state index contributed by atoms with van der Waals surface area (Å²) in [5.41, 5.74) is 0. The van der Waals surface area contributed by atoms with Crippen LogP contribution in [0.5, 0.6) is 0 Å². The molecule has 0 bridgehead atoms. The molecule has 2 fully saturated rings. The van der Waals surface area contributed by atoms with E-state index in [9.17, 15) is 4.79 Å². The third-order valence-electron chi connectivity index (χ3n) is 5.21. The van der Waals surface area contributed by atoms with E-state index in [2.05, 4.69) is 26.8 Å². The van der Waals surface area contributed by atoms with Crippen LogP contribution >= 0.6 is 0 Å². The van der Waals surface area contributed by atoms with Gasteiger partial charge in [-0.15, -0.1) is 0 Å². The van der Waals surface area contributed by atoms with Crippen LogP contribution in [-0.2, 0) is 11.3 Å². The Morgan fingerprint density at radius 1 is 1.17 bits per heavy atom. The predicted octanol–water partition coefficient (Wildman–Crippen LogP) is 0.153. The number of likely N-dealkylation sites (tertiary alicyclic amines) is 1. The number of nitrogens with zero attached hydrogens (tertiary/aromatic N) is 6. The minimum Gasteiger partial charge on any atom is -0.342 e. The van der Waals surface area contributed by atoms with E-state index < -0.39 is 0 Å². The van der Waals surface area contributed by atoms with Crippen LogP contribution < -0.4 is 0 Å². The second kappa shape index (κ2) is 7.40. The van der Waals surface area contributed by atoms with Crippen LogP contribution in [0.2, 0.25) is 0 Å². The van der Waals surface area contributed by atoms with Gasteiger partial charge in [0.2, 0.25) is 5.91 Å². The van der Waals surface area contributed by atoms with Crippen molar-refractivity contribution in [3.05, 3.63) is 12.7 Å². The molecule has 0 aromatic carbocycles. The lowest BCUT2D eigenvalue weighted by atomic mass is 10.0. The van der Waals surface area contributed by atoms with Crippen molar-refractivity contribution in [3.8, 4) is 0 Å². The van der Waals surface area contributed by atoms with Crippen molar-refractivity contribution in [1.29, 1.82) is 0 Å². The molecule has 1 amide bonds. The standard InChI is InChI=1S/C16H28N6O/c1-14-10-19(6-9-22-13-17-12-18-22)11-16(14)21-5-3-4-20(7-8-21)15(2)23/h12-14,16H,3-11H2,1-2H3/t14-,16-/m1/s1. The SMILES string of the molecule is CC(=O)N1CCCN([C@@H]2CN(CCn3cncn3)C[C@H]2C)CC1. The topological polar surface area (TPSA) is 57.5 Å². The summed E-state index contributed by atoms with van der Waals surface area (Å²) in [7, 11) is 0. The Labute approximate surface area is 138 Å². The van der Waals surface area contributed by atoms with E-state index in [0.717, 1.165) is 58.8 Å². The number of carbonyl (C=O) groups is 1. The van der Waals surface area contributed by atoms with E-state index in [-0.39, 0.29) is 5.91 Å². The van der Waals surface area contributed by atoms with Crippen molar-refractivity contribution in [1.82, 2.24) is 29.5 Å². The maximum Gasteiger partial charge on any atom is 0.219 e. The van der Waals surface area contributed by atoms with Gasteiger partial charge in [0.25, 0.3) is 0 Å². The lowest BCUT2D eigenvalue weighted by Crippen LogP contribution is -2.43. The van der Waals surface area contributed by atoms with Gasteiger partial charge in [-0.05, 0) is 12.3 Å². The monoisotopic (exact) mass is 320 g/mol. The van der Waals surface area contributed by atoms with Gasteiger partial charge in [0, 0.05) is 58.8 Å². The summed E-state index contributed by atoms with van der Waals surface area (Å²) in [6.45, 7) is 12.1. The van der Waals surface area contributed by atoms with E-state index in [4.69, 9.17) is 0 Å². The first-order chi connectivity index (χ1) is 11.1. The average Bonchev–Trinajstić information content (AvgIpc) is 3.09. The van der Waals surface area contributed by atoms with Gasteiger partial charge in [0.05, 0.1) is 6.54 Å². The van der Waals surface area contributed by atoms with Crippen LogP contribution in [-0.4, -0.2) is 87.2 Å². The number of hydrogen-bond acceptors (Lipinski definition) is 5. The first-order valence-electron chi connectivity index (χ1n) is 8.68. The number of amides is 1. The molecule has 1 aromatic rings. The Kier molecular flexibility index (Phi) is 5.27. The highest BCUT2D eigenvalue weighted by Gasteiger charge is 2.34. The zero-order valence-electron chi connectivity index (χ0n) is 14.3. The number of carbonyl (C=O) groups excluding carboxylic acids is 1. The summed E-state index contributed by atoms with van der Waals surface area (Å²) in [6, 6.07) is 0.609. The molecule has 2 aliphatic heterocycles. The molecule has 23 heavy (non-hydrogen) atoms. The van der Waals surface area contributed by atoms with Gasteiger partial charge in [-0.1, -0.05) is 6.92 Å². The van der Waals surface area contributed by atoms with Crippen molar-refractivity contribution in [2.24, 2.45) is 5.92 Å². The molecule has 2 saturated heterocycles. The lowest BCUT2D eigenvalue weighted by Gasteiger charge is -2.30. The molecule has 0 aliphatic carbocycles. The van der Waals surface area contributed by atoms with Gasteiger partial charge in [-0.3, -0.25) is 19.3 Å². The van der Waals surface area contributed by atoms with Crippen LogP contribution in [0.1, 0.15) is 20.3 Å². The molecule has 0 saturated carbocycles. The van der Waals surface area contributed by atoms with Crippen molar-refractivity contribution < 1.29 is 4.79 Å². The zero-order chi connectivity index (χ0) is 16.2. The molecule has 7 nitrogen and oxygen atoms in total. The van der Waals surface area contributed by atoms with E-state index in [1.54, 1.807) is 19.6 Å². The summed E-state index contributed by atoms with van der Waals surface area (Å²) in [6.07, 6.45) is 4.46. The van der Waals surface area contributed by atoms with Crippen molar-refractivity contribution in [3.63, 3.8) is 0 Å². The fourth-order valence-corrected chi connectivity index (χ4v) is 3.88. The molecular weight excluding hydrogens is 292 g/mol. The van der Waals surface area contributed by atoms with Crippen molar-refractivity contribution in [2.45, 2.75) is 32.9 Å². The maximum atomic E-state index is 11.6. The highest BCUT2D eigenvalue weighted by molar-refractivity contribution is 5.73. The summed E-state index contributed by atoms with van der Waals surface area (Å²) in [4.78, 5) is 22.7. The molecule has 2 atom stereocenters. The summed E-state index contributed by atoms with van der Waals surface area (Å²) in [5, 5.41) is 4.17. The van der Waals surface area contributed by atoms with Crippen LogP contribution in [0, 0.1) is 5.92 Å². The van der Waals surface area contributed by atoms with Crippen molar-refractivity contribution >= 4 is 5.91 Å². The van der Waals surface area contributed by atoms with Gasteiger partial charge >= 0.3 is 0 Å². The Bertz CT molecular complexity index is 505. The molecule has 2 aliphatic rings. The molecular formula is C16H28N6O. The highest BCUT2D eigenvalue weighted by Crippen LogP contribution is 2.23. The molecule has 7 heteroatoms. The number of hydrogen-bond donors (Lipinski definition) is 0. The highest BCUT2D eigenvalue weighted by atomic mass is 16.2. The molecule has 1 aromatic heterocycles. The van der Waals surface area contributed by atoms with Gasteiger partial charge in [-0.2, -0.15) is 5.10 Å². The van der Waals surface area contributed by atoms with E-state index in [0.29, 0.717) is 12.0 Å². The second-order valence-electron chi connectivity index (χ2n) is 6.86. The Morgan fingerprint density at radius 2 is 2.04 bits per heavy atom. The minimum absolute atomic E-state index is 0.209. The average molecular weight is 320 g/mol. The Balaban J connectivity index is 1.51. The zero-order valence-corrected chi connectivity index (χ0v) is 14.3. The van der Waals surface area contributed by atoms with Gasteiger partial charge in [0.1, 0.15) is 12.7 Å². The molecule has 3 heterocycles. The van der Waals surface area contributed by atoms with Gasteiger partial charge in [0.15, 0.2) is 0 Å². The normalized spacial score (nSPS) is 27.3. The number of aromatic nitrogens is 3. The molecule has 0 spiro atoms. The summed E-state index contributed by atoms with van der Waals surface area (Å²) >= 11 is 0. The Morgan fingerprint density at radius 3 is 2.78 bits per heavy atom. The maximum absolute atomic E-state index is 11.6. The molecule has 128 valence electrons. The van der Waals surface area contributed by atoms with Crippen LogP contribution in [0.4, 0.5) is 0 Å². The van der Waals surface area contributed by atoms with E-state index >= 15 is 0 Å². The van der Waals surface area contributed by atoms with E-state index in [1.165, 1.54) is 0 Å². The largest absolute Gasteiger partial charge is 0.342 e. The number of rotatable bonds is 4. The molecule has 0 N–H and O–H groups in total. The Hall–Kier alpha value is -1.47. The van der Waals surface area contributed by atoms with E-state index in [1.807, 2.05) is 9.58 Å². The third kappa shape index (κ3) is 4.09. The molecule has 0 radical (unpaired) electrons. The third-order valence-corrected chi connectivity index (χ3v) is 5.21. The quantitative estimate of drug-likeness (QED) is 0.791. The predicted molar refractivity (Wildman–Crippen MR) is 87.9 cm³/mol. The molecule has 3 rings (SSSR count). The molecule has 0 unspecified atom stereocenters. The van der Waals surface area contributed by atoms with Gasteiger partial charge < -0.3 is 4.90 Å². The van der Waals surface area contributed by atoms with Gasteiger partial charge in [-0.25, -0.2) is 4.98 Å². The summed E-state index contributed by atoms with van der Waals surface area (Å²) in [5.74, 6) is 0.885. The van der Waals surface area contributed by atoms with Crippen LogP contribution in [0.25, 0.3) is 0 Å². The fraction of sp³-hybridized carbons (Fsp3) is 0.812. The second-order valence-corrected chi connectivity index (χ2v) is 6.86. The lowest BCUT2D eigenvalue weighted by molar-refractivity contribution is -0.128. The first-order valence-corrected chi connectivity index (χ1v) is 8.68. The minimum atomic E-state index is 0.209. The first kappa shape index (κ1) is 16.4. The smallest absolute Gasteiger partial charge is 0.219 e. The fourth-order valence-electron chi connectivity index (χ4n) is 3.88. The van der Waals surface area contributed by atoms with Crippen LogP contribution in [0.3, 0.4) is 0 Å². The van der Waals surface area contributed by atoms with Crippen LogP contribution in [0.15, 0.2) is 12.7 Å². The van der Waals surface area contributed by atoms with Crippen molar-refractivity contribution in [2.75, 3.05) is 45.8 Å².